The van der Waals surface area contributed by atoms with E-state index in [2.05, 4.69) is 25.8 Å². The van der Waals surface area contributed by atoms with Crippen molar-refractivity contribution in [3.8, 4) is 5.69 Å². The quantitative estimate of drug-likeness (QED) is 0.765. The second-order valence-corrected chi connectivity index (χ2v) is 6.19. The second kappa shape index (κ2) is 6.09. The molecule has 4 rings (SSSR count). The number of halogens is 1. The third-order valence-corrected chi connectivity index (χ3v) is 4.43. The Balaban J connectivity index is 1.52. The van der Waals surface area contributed by atoms with Crippen molar-refractivity contribution in [1.82, 2.24) is 25.2 Å². The van der Waals surface area contributed by atoms with E-state index in [0.29, 0.717) is 17.3 Å². The minimum absolute atomic E-state index is 0.0348. The fourth-order valence-electron chi connectivity index (χ4n) is 2.95. The Morgan fingerprint density at radius 3 is 3.04 bits per heavy atom. The molecule has 122 valence electrons. The number of H-pyrrole nitrogens is 1. The van der Waals surface area contributed by atoms with Gasteiger partial charge in [0, 0.05) is 23.4 Å². The van der Waals surface area contributed by atoms with Crippen LogP contribution >= 0.6 is 11.6 Å². The zero-order chi connectivity index (χ0) is 16.5. The van der Waals surface area contributed by atoms with Gasteiger partial charge in [-0.25, -0.2) is 4.68 Å². The van der Waals surface area contributed by atoms with E-state index in [-0.39, 0.29) is 11.8 Å². The molecule has 8 heteroatoms. The number of carbonyl (C=O) groups excluding carboxylic acids is 1. The molecule has 0 fully saturated rings. The van der Waals surface area contributed by atoms with Crippen LogP contribution in [0.1, 0.15) is 17.8 Å². The molecule has 0 saturated carbocycles. The predicted octanol–water partition coefficient (Wildman–Crippen LogP) is 2.39. The molecule has 2 N–H and O–H groups in total. The lowest BCUT2D eigenvalue weighted by Gasteiger charge is -2.20. The molecular weight excluding hydrogens is 328 g/mol. The van der Waals surface area contributed by atoms with Crippen LogP contribution in [0.15, 0.2) is 36.5 Å². The Bertz CT molecular complexity index is 886. The van der Waals surface area contributed by atoms with Crippen molar-refractivity contribution in [3.05, 3.63) is 52.9 Å². The van der Waals surface area contributed by atoms with Crippen molar-refractivity contribution in [2.75, 3.05) is 5.32 Å². The summed E-state index contributed by atoms with van der Waals surface area (Å²) in [7, 11) is 0. The number of aromatic nitrogens is 5. The Kier molecular flexibility index (Phi) is 3.78. The number of nitrogens with one attached hydrogen (secondary N) is 2. The number of amides is 1. The van der Waals surface area contributed by atoms with Crippen molar-refractivity contribution in [3.63, 3.8) is 0 Å². The van der Waals surface area contributed by atoms with Crippen LogP contribution in [0.25, 0.3) is 5.69 Å². The van der Waals surface area contributed by atoms with E-state index in [9.17, 15) is 4.79 Å². The van der Waals surface area contributed by atoms with Crippen LogP contribution in [0, 0.1) is 5.92 Å². The monoisotopic (exact) mass is 342 g/mol. The number of aryl methyl sites for hydroxylation is 1. The van der Waals surface area contributed by atoms with E-state index in [0.717, 1.165) is 29.9 Å². The summed E-state index contributed by atoms with van der Waals surface area (Å²) in [6, 6.07) is 9.09. The van der Waals surface area contributed by atoms with Gasteiger partial charge in [0.15, 0.2) is 0 Å². The fraction of sp³-hybridized carbons (Fsp3) is 0.250. The SMILES string of the molecule is O=C(Nc1ccnn1-c1cccc(Cl)c1)C1CCc2n[nH]nc2C1. The molecule has 0 bridgehead atoms. The first-order chi connectivity index (χ1) is 11.7. The summed E-state index contributed by atoms with van der Waals surface area (Å²) in [6.07, 6.45) is 3.77. The van der Waals surface area contributed by atoms with E-state index in [1.165, 1.54) is 0 Å². The largest absolute Gasteiger partial charge is 0.310 e. The van der Waals surface area contributed by atoms with Crippen LogP contribution in [0.3, 0.4) is 0 Å². The van der Waals surface area contributed by atoms with Crippen molar-refractivity contribution < 1.29 is 4.79 Å². The van der Waals surface area contributed by atoms with Crippen LogP contribution in [-0.2, 0) is 17.6 Å². The van der Waals surface area contributed by atoms with E-state index >= 15 is 0 Å². The third kappa shape index (κ3) is 2.78. The number of fused-ring (bicyclic) bond motifs is 1. The number of hydrogen-bond acceptors (Lipinski definition) is 4. The van der Waals surface area contributed by atoms with Gasteiger partial charge in [0.25, 0.3) is 0 Å². The number of hydrogen-bond donors (Lipinski definition) is 2. The van der Waals surface area contributed by atoms with Crippen molar-refractivity contribution in [2.45, 2.75) is 19.3 Å². The molecule has 0 saturated heterocycles. The van der Waals surface area contributed by atoms with Crippen LogP contribution in [-0.4, -0.2) is 31.1 Å². The minimum Gasteiger partial charge on any atom is -0.310 e. The standard InChI is InChI=1S/C16H15ClN6O/c17-11-2-1-3-12(9-11)23-15(6-7-18-23)19-16(24)10-4-5-13-14(8-10)21-22-20-13/h1-3,6-7,9-10H,4-5,8H2,(H,19,24)(H,20,21,22). The van der Waals surface area contributed by atoms with E-state index < -0.39 is 0 Å². The van der Waals surface area contributed by atoms with Crippen LogP contribution in [0.2, 0.25) is 5.02 Å². The fourth-order valence-corrected chi connectivity index (χ4v) is 3.13. The second-order valence-electron chi connectivity index (χ2n) is 5.75. The summed E-state index contributed by atoms with van der Waals surface area (Å²) in [5.41, 5.74) is 2.64. The minimum atomic E-state index is -0.120. The molecule has 7 nitrogen and oxygen atoms in total. The van der Waals surface area contributed by atoms with Gasteiger partial charge in [0.1, 0.15) is 5.82 Å². The molecule has 1 aliphatic carbocycles. The summed E-state index contributed by atoms with van der Waals surface area (Å²) in [6.45, 7) is 0. The van der Waals surface area contributed by atoms with Gasteiger partial charge in [-0.15, -0.1) is 0 Å². The molecule has 2 heterocycles. The molecule has 1 unspecified atom stereocenters. The van der Waals surface area contributed by atoms with Crippen molar-refractivity contribution >= 4 is 23.3 Å². The number of nitrogens with zero attached hydrogens (tertiary/aromatic N) is 4. The highest BCUT2D eigenvalue weighted by Gasteiger charge is 2.27. The predicted molar refractivity (Wildman–Crippen MR) is 89.1 cm³/mol. The van der Waals surface area contributed by atoms with Gasteiger partial charge in [-0.05, 0) is 31.0 Å². The molecule has 1 atom stereocenters. The topological polar surface area (TPSA) is 88.5 Å². The Hall–Kier alpha value is -2.67. The first-order valence-electron chi connectivity index (χ1n) is 7.70. The van der Waals surface area contributed by atoms with Crippen LogP contribution in [0.4, 0.5) is 5.82 Å². The average molecular weight is 343 g/mol. The maximum Gasteiger partial charge on any atom is 0.229 e. The zero-order valence-electron chi connectivity index (χ0n) is 12.7. The zero-order valence-corrected chi connectivity index (χ0v) is 13.5. The maximum absolute atomic E-state index is 12.6. The molecule has 1 amide bonds. The van der Waals surface area contributed by atoms with Crippen molar-refractivity contribution in [1.29, 1.82) is 0 Å². The number of anilines is 1. The first kappa shape index (κ1) is 14.9. The number of rotatable bonds is 3. The number of carbonyl (C=O) groups is 1. The number of aromatic amines is 1. The van der Waals surface area contributed by atoms with Gasteiger partial charge in [0.05, 0.1) is 23.3 Å². The van der Waals surface area contributed by atoms with Gasteiger partial charge < -0.3 is 5.32 Å². The molecule has 0 radical (unpaired) electrons. The van der Waals surface area contributed by atoms with E-state index in [1.807, 2.05) is 12.1 Å². The van der Waals surface area contributed by atoms with Crippen LogP contribution < -0.4 is 5.32 Å². The summed E-state index contributed by atoms with van der Waals surface area (Å²) >= 11 is 6.03. The van der Waals surface area contributed by atoms with Gasteiger partial charge in [0.2, 0.25) is 5.91 Å². The molecule has 0 aliphatic heterocycles. The molecule has 3 aromatic rings. The first-order valence-corrected chi connectivity index (χ1v) is 8.08. The summed E-state index contributed by atoms with van der Waals surface area (Å²) in [4.78, 5) is 12.6. The van der Waals surface area contributed by atoms with Crippen molar-refractivity contribution in [2.24, 2.45) is 5.92 Å². The number of benzene rings is 1. The highest BCUT2D eigenvalue weighted by Crippen LogP contribution is 2.24. The summed E-state index contributed by atoms with van der Waals surface area (Å²) in [5.74, 6) is 0.464. The smallest absolute Gasteiger partial charge is 0.229 e. The van der Waals surface area contributed by atoms with Gasteiger partial charge in [-0.2, -0.15) is 20.5 Å². The Morgan fingerprint density at radius 2 is 2.17 bits per heavy atom. The molecule has 1 aliphatic rings. The van der Waals surface area contributed by atoms with Gasteiger partial charge in [-0.3, -0.25) is 4.79 Å². The van der Waals surface area contributed by atoms with Crippen LogP contribution in [0.5, 0.6) is 0 Å². The summed E-state index contributed by atoms with van der Waals surface area (Å²) in [5, 5.41) is 18.7. The lowest BCUT2D eigenvalue weighted by Crippen LogP contribution is -2.29. The molecule has 24 heavy (non-hydrogen) atoms. The lowest BCUT2D eigenvalue weighted by atomic mass is 9.89. The third-order valence-electron chi connectivity index (χ3n) is 4.19. The Labute approximate surface area is 143 Å². The lowest BCUT2D eigenvalue weighted by molar-refractivity contribution is -0.120. The maximum atomic E-state index is 12.6. The highest BCUT2D eigenvalue weighted by atomic mass is 35.5. The van der Waals surface area contributed by atoms with Gasteiger partial charge in [-0.1, -0.05) is 17.7 Å². The molecule has 1 aromatic carbocycles. The Morgan fingerprint density at radius 1 is 1.29 bits per heavy atom. The molecular formula is C16H15ClN6O. The van der Waals surface area contributed by atoms with E-state index in [1.54, 1.807) is 29.1 Å². The highest BCUT2D eigenvalue weighted by molar-refractivity contribution is 6.30. The van der Waals surface area contributed by atoms with E-state index in [4.69, 9.17) is 11.6 Å². The van der Waals surface area contributed by atoms with Gasteiger partial charge >= 0.3 is 0 Å². The molecule has 2 aromatic heterocycles. The molecule has 0 spiro atoms. The normalized spacial score (nSPS) is 16.6. The average Bonchev–Trinajstić information content (AvgIpc) is 3.22. The summed E-state index contributed by atoms with van der Waals surface area (Å²) < 4.78 is 1.66.